The fraction of sp³-hybridized carbons (Fsp3) is 0.778. The summed E-state index contributed by atoms with van der Waals surface area (Å²) in [5, 5.41) is 11.1. The second-order valence-electron chi connectivity index (χ2n) is 3.49. The van der Waals surface area contributed by atoms with Crippen LogP contribution in [0.15, 0.2) is 0 Å². The third-order valence-corrected chi connectivity index (χ3v) is 2.76. The molecule has 0 rings (SSSR count). The average molecular weight is 219 g/mol. The van der Waals surface area contributed by atoms with Crippen LogP contribution >= 0.6 is 11.8 Å². The number of thioether (sulfide) groups is 1. The monoisotopic (exact) mass is 219 g/mol. The van der Waals surface area contributed by atoms with Gasteiger partial charge in [0.2, 0.25) is 5.91 Å². The van der Waals surface area contributed by atoms with Crippen LogP contribution in [0.2, 0.25) is 0 Å². The van der Waals surface area contributed by atoms with Crippen molar-refractivity contribution in [2.24, 2.45) is 5.92 Å². The zero-order valence-electron chi connectivity index (χ0n) is 8.74. The Bertz CT molecular complexity index is 206. The third-order valence-electron chi connectivity index (χ3n) is 1.85. The van der Waals surface area contributed by atoms with Gasteiger partial charge in [0.15, 0.2) is 0 Å². The molecule has 0 bridgehead atoms. The Morgan fingerprint density at radius 2 is 1.86 bits per heavy atom. The molecule has 5 heteroatoms. The van der Waals surface area contributed by atoms with Gasteiger partial charge in [-0.15, -0.1) is 11.8 Å². The van der Waals surface area contributed by atoms with E-state index in [1.54, 1.807) is 0 Å². The number of rotatable bonds is 6. The first-order chi connectivity index (χ1) is 6.43. The number of hydrogen-bond donors (Lipinski definition) is 2. The first-order valence-corrected chi connectivity index (χ1v) is 5.68. The Morgan fingerprint density at radius 1 is 1.29 bits per heavy atom. The predicted octanol–water partition coefficient (Wildman–Crippen LogP) is 0.965. The highest BCUT2D eigenvalue weighted by Gasteiger charge is 2.10. The van der Waals surface area contributed by atoms with Crippen LogP contribution in [-0.4, -0.2) is 34.5 Å². The van der Waals surface area contributed by atoms with E-state index in [-0.39, 0.29) is 23.5 Å². The van der Waals surface area contributed by atoms with Crippen molar-refractivity contribution >= 4 is 23.6 Å². The highest BCUT2D eigenvalue weighted by atomic mass is 32.2. The molecule has 0 radical (unpaired) electrons. The molecule has 0 aromatic carbocycles. The maximum atomic E-state index is 11.2. The van der Waals surface area contributed by atoms with Gasteiger partial charge in [-0.2, -0.15) is 0 Å². The largest absolute Gasteiger partial charge is 0.481 e. The van der Waals surface area contributed by atoms with E-state index in [0.717, 1.165) is 11.8 Å². The van der Waals surface area contributed by atoms with Crippen molar-refractivity contribution in [3.63, 3.8) is 0 Å². The molecule has 0 heterocycles. The van der Waals surface area contributed by atoms with E-state index in [0.29, 0.717) is 5.92 Å². The van der Waals surface area contributed by atoms with Crippen LogP contribution in [0.4, 0.5) is 0 Å². The molecule has 4 nitrogen and oxygen atoms in total. The van der Waals surface area contributed by atoms with Crippen LogP contribution < -0.4 is 5.32 Å². The van der Waals surface area contributed by atoms with Crippen LogP contribution in [0, 0.1) is 5.92 Å². The third kappa shape index (κ3) is 6.77. The quantitative estimate of drug-likeness (QED) is 0.698. The fourth-order valence-electron chi connectivity index (χ4n) is 0.693. The SMILES string of the molecule is CC(C)[C@H](C)NC(=O)CSCC(=O)O. The number of carbonyl (C=O) groups is 2. The maximum absolute atomic E-state index is 11.2. The van der Waals surface area contributed by atoms with Gasteiger partial charge in [0.05, 0.1) is 11.5 Å². The number of nitrogens with one attached hydrogen (secondary N) is 1. The molecule has 1 atom stereocenters. The first-order valence-electron chi connectivity index (χ1n) is 4.52. The second-order valence-corrected chi connectivity index (χ2v) is 4.47. The van der Waals surface area contributed by atoms with E-state index in [1.165, 1.54) is 0 Å². The van der Waals surface area contributed by atoms with Gasteiger partial charge in [-0.05, 0) is 12.8 Å². The Morgan fingerprint density at radius 3 is 2.29 bits per heavy atom. The molecule has 0 aliphatic heterocycles. The lowest BCUT2D eigenvalue weighted by Crippen LogP contribution is -2.37. The second kappa shape index (κ2) is 6.70. The lowest BCUT2D eigenvalue weighted by molar-refractivity contribution is -0.133. The standard InChI is InChI=1S/C9H17NO3S/c1-6(2)7(3)10-8(11)4-14-5-9(12)13/h6-7H,4-5H2,1-3H3,(H,10,11)(H,12,13)/t7-/m0/s1. The summed E-state index contributed by atoms with van der Waals surface area (Å²) in [5.74, 6) is -0.409. The summed E-state index contributed by atoms with van der Waals surface area (Å²) >= 11 is 1.11. The summed E-state index contributed by atoms with van der Waals surface area (Å²) in [4.78, 5) is 21.4. The van der Waals surface area contributed by atoms with Gasteiger partial charge in [0.1, 0.15) is 0 Å². The minimum atomic E-state index is -0.889. The molecular weight excluding hydrogens is 202 g/mol. The van der Waals surface area contributed by atoms with E-state index in [1.807, 2.05) is 20.8 Å². The molecule has 0 unspecified atom stereocenters. The molecule has 0 aliphatic carbocycles. The number of carboxylic acid groups (broad SMARTS) is 1. The lowest BCUT2D eigenvalue weighted by atomic mass is 10.1. The average Bonchev–Trinajstić information content (AvgIpc) is 2.02. The minimum Gasteiger partial charge on any atom is -0.481 e. The Balaban J connectivity index is 3.60. The van der Waals surface area contributed by atoms with E-state index in [9.17, 15) is 9.59 Å². The summed E-state index contributed by atoms with van der Waals surface area (Å²) < 4.78 is 0. The summed E-state index contributed by atoms with van der Waals surface area (Å²) in [5.41, 5.74) is 0. The molecule has 0 fully saturated rings. The first kappa shape index (κ1) is 13.3. The van der Waals surface area contributed by atoms with Gasteiger partial charge < -0.3 is 10.4 Å². The number of hydrogen-bond acceptors (Lipinski definition) is 3. The van der Waals surface area contributed by atoms with Crippen LogP contribution in [0.1, 0.15) is 20.8 Å². The van der Waals surface area contributed by atoms with E-state index < -0.39 is 5.97 Å². The topological polar surface area (TPSA) is 66.4 Å². The molecule has 1 amide bonds. The van der Waals surface area contributed by atoms with Gasteiger partial charge >= 0.3 is 5.97 Å². The number of aliphatic carboxylic acids is 1. The van der Waals surface area contributed by atoms with Crippen LogP contribution in [0.5, 0.6) is 0 Å². The Kier molecular flexibility index (Phi) is 6.36. The molecule has 0 aromatic rings. The number of carbonyl (C=O) groups excluding carboxylic acids is 1. The molecule has 2 N–H and O–H groups in total. The highest BCUT2D eigenvalue weighted by molar-refractivity contribution is 8.00. The van der Waals surface area contributed by atoms with Gasteiger partial charge in [0.25, 0.3) is 0 Å². The number of amides is 1. The summed E-state index contributed by atoms with van der Waals surface area (Å²) in [6, 6.07) is 0.132. The fourth-order valence-corrected chi connectivity index (χ4v) is 1.24. The zero-order chi connectivity index (χ0) is 11.1. The van der Waals surface area contributed by atoms with Gasteiger partial charge in [-0.3, -0.25) is 9.59 Å². The minimum absolute atomic E-state index is 0.0243. The molecule has 0 spiro atoms. The molecule has 0 saturated carbocycles. The van der Waals surface area contributed by atoms with Crippen molar-refractivity contribution in [3.05, 3.63) is 0 Å². The Labute approximate surface area is 88.4 Å². The normalized spacial score (nSPS) is 12.6. The van der Waals surface area contributed by atoms with Crippen LogP contribution in [-0.2, 0) is 9.59 Å². The van der Waals surface area contributed by atoms with Crippen molar-refractivity contribution in [2.75, 3.05) is 11.5 Å². The van der Waals surface area contributed by atoms with Gasteiger partial charge in [0, 0.05) is 6.04 Å². The summed E-state index contributed by atoms with van der Waals surface area (Å²) in [6.07, 6.45) is 0. The molecule has 14 heavy (non-hydrogen) atoms. The van der Waals surface area contributed by atoms with Gasteiger partial charge in [-0.1, -0.05) is 13.8 Å². The number of carboxylic acids is 1. The van der Waals surface area contributed by atoms with E-state index in [2.05, 4.69) is 5.32 Å². The lowest BCUT2D eigenvalue weighted by Gasteiger charge is -2.16. The molecule has 0 saturated heterocycles. The smallest absolute Gasteiger partial charge is 0.313 e. The maximum Gasteiger partial charge on any atom is 0.313 e. The molecule has 82 valence electrons. The summed E-state index contributed by atoms with van der Waals surface area (Å²) in [7, 11) is 0. The molecule has 0 aromatic heterocycles. The van der Waals surface area contributed by atoms with Crippen molar-refractivity contribution in [1.82, 2.24) is 5.32 Å². The van der Waals surface area contributed by atoms with Crippen molar-refractivity contribution < 1.29 is 14.7 Å². The van der Waals surface area contributed by atoms with Crippen LogP contribution in [0.25, 0.3) is 0 Å². The van der Waals surface area contributed by atoms with Crippen molar-refractivity contribution in [3.8, 4) is 0 Å². The Hall–Kier alpha value is -0.710. The van der Waals surface area contributed by atoms with E-state index >= 15 is 0 Å². The van der Waals surface area contributed by atoms with Crippen molar-refractivity contribution in [2.45, 2.75) is 26.8 Å². The highest BCUT2D eigenvalue weighted by Crippen LogP contribution is 2.02. The summed E-state index contributed by atoms with van der Waals surface area (Å²) in [6.45, 7) is 5.98. The zero-order valence-corrected chi connectivity index (χ0v) is 9.56. The predicted molar refractivity (Wildman–Crippen MR) is 57.4 cm³/mol. The van der Waals surface area contributed by atoms with Crippen molar-refractivity contribution in [1.29, 1.82) is 0 Å². The molecule has 0 aliphatic rings. The van der Waals surface area contributed by atoms with Crippen LogP contribution in [0.3, 0.4) is 0 Å². The van der Waals surface area contributed by atoms with Gasteiger partial charge in [-0.25, -0.2) is 0 Å². The molecular formula is C9H17NO3S. The van der Waals surface area contributed by atoms with E-state index in [4.69, 9.17) is 5.11 Å².